The second-order valence-electron chi connectivity index (χ2n) is 5.07. The molecular formula is C14H21ClN2O2. The Balaban J connectivity index is 2.56. The predicted octanol–water partition coefficient (Wildman–Crippen LogP) is 3.18. The van der Waals surface area contributed by atoms with Crippen LogP contribution in [0.1, 0.15) is 25.8 Å². The number of hydrogen-bond donors (Lipinski definition) is 3. The molecule has 0 aliphatic heterocycles. The quantitative estimate of drug-likeness (QED) is 0.778. The molecular weight excluding hydrogens is 264 g/mol. The summed E-state index contributed by atoms with van der Waals surface area (Å²) in [5.74, 6) is 0.409. The van der Waals surface area contributed by atoms with Gasteiger partial charge in [-0.2, -0.15) is 0 Å². The van der Waals surface area contributed by atoms with Gasteiger partial charge in [0.15, 0.2) is 0 Å². The minimum absolute atomic E-state index is 0.0692. The van der Waals surface area contributed by atoms with E-state index in [1.807, 2.05) is 26.8 Å². The number of anilines is 1. The van der Waals surface area contributed by atoms with Crippen LogP contribution in [0.2, 0.25) is 5.02 Å². The molecule has 2 amide bonds. The monoisotopic (exact) mass is 284 g/mol. The third-order valence-corrected chi connectivity index (χ3v) is 3.15. The van der Waals surface area contributed by atoms with Crippen LogP contribution in [0.15, 0.2) is 18.2 Å². The Kier molecular flexibility index (Phi) is 6.12. The van der Waals surface area contributed by atoms with E-state index in [2.05, 4.69) is 10.6 Å². The van der Waals surface area contributed by atoms with E-state index in [0.29, 0.717) is 16.6 Å². The topological polar surface area (TPSA) is 61.4 Å². The predicted molar refractivity (Wildman–Crippen MR) is 78.7 cm³/mol. The number of carbonyl (C=O) groups excluding carboxylic acids is 1. The highest BCUT2D eigenvalue weighted by molar-refractivity contribution is 6.31. The van der Waals surface area contributed by atoms with Gasteiger partial charge in [0.1, 0.15) is 0 Å². The molecule has 19 heavy (non-hydrogen) atoms. The van der Waals surface area contributed by atoms with Crippen molar-refractivity contribution in [3.05, 3.63) is 28.8 Å². The fourth-order valence-electron chi connectivity index (χ4n) is 1.77. The van der Waals surface area contributed by atoms with Crippen molar-refractivity contribution >= 4 is 23.3 Å². The number of nitrogens with one attached hydrogen (secondary N) is 2. The molecule has 0 aromatic heterocycles. The maximum Gasteiger partial charge on any atom is 0.319 e. The van der Waals surface area contributed by atoms with Gasteiger partial charge in [0.05, 0.1) is 12.6 Å². The zero-order valence-electron chi connectivity index (χ0n) is 11.5. The van der Waals surface area contributed by atoms with Gasteiger partial charge < -0.3 is 15.7 Å². The summed E-state index contributed by atoms with van der Waals surface area (Å²) in [6, 6.07) is 4.76. The molecule has 0 saturated carbocycles. The number of urea groups is 1. The van der Waals surface area contributed by atoms with Gasteiger partial charge in [0.25, 0.3) is 0 Å². The van der Waals surface area contributed by atoms with Gasteiger partial charge >= 0.3 is 6.03 Å². The molecule has 1 aromatic rings. The first-order chi connectivity index (χ1) is 8.92. The lowest BCUT2D eigenvalue weighted by Gasteiger charge is -2.18. The number of halogens is 1. The van der Waals surface area contributed by atoms with E-state index in [1.165, 1.54) is 0 Å². The molecule has 0 bridgehead atoms. The molecule has 0 aliphatic carbocycles. The number of aliphatic hydroxyl groups excluding tert-OH is 1. The lowest BCUT2D eigenvalue weighted by molar-refractivity contribution is 0.214. The standard InChI is InChI=1S/C14H21ClN2O2/c1-9(2)6-12(8-18)17-14(19)16-11-5-4-10(3)13(15)7-11/h4-5,7,9,12,18H,6,8H2,1-3H3,(H2,16,17,19). The van der Waals surface area contributed by atoms with Crippen molar-refractivity contribution in [1.29, 1.82) is 0 Å². The van der Waals surface area contributed by atoms with Gasteiger partial charge in [0, 0.05) is 10.7 Å². The Morgan fingerprint density at radius 3 is 2.63 bits per heavy atom. The summed E-state index contributed by atoms with van der Waals surface area (Å²) in [6.45, 7) is 5.92. The minimum atomic E-state index is -0.334. The summed E-state index contributed by atoms with van der Waals surface area (Å²) in [5, 5.41) is 15.3. The lowest BCUT2D eigenvalue weighted by atomic mass is 10.0. The van der Waals surface area contributed by atoms with Crippen LogP contribution in [0.5, 0.6) is 0 Å². The highest BCUT2D eigenvalue weighted by Crippen LogP contribution is 2.19. The van der Waals surface area contributed by atoms with Crippen LogP contribution in [0.4, 0.5) is 10.5 Å². The van der Waals surface area contributed by atoms with E-state index in [0.717, 1.165) is 12.0 Å². The third-order valence-electron chi connectivity index (χ3n) is 2.74. The Labute approximate surface area is 119 Å². The maximum absolute atomic E-state index is 11.8. The molecule has 0 spiro atoms. The number of rotatable bonds is 5. The fourth-order valence-corrected chi connectivity index (χ4v) is 1.95. The smallest absolute Gasteiger partial charge is 0.319 e. The summed E-state index contributed by atoms with van der Waals surface area (Å²) in [7, 11) is 0. The number of amides is 2. The Morgan fingerprint density at radius 2 is 2.11 bits per heavy atom. The number of aliphatic hydroxyl groups is 1. The molecule has 1 rings (SSSR count). The van der Waals surface area contributed by atoms with E-state index >= 15 is 0 Å². The number of carbonyl (C=O) groups is 1. The molecule has 106 valence electrons. The van der Waals surface area contributed by atoms with Crippen LogP contribution in [-0.2, 0) is 0 Å². The second kappa shape index (κ2) is 7.36. The van der Waals surface area contributed by atoms with Crippen molar-refractivity contribution in [3.63, 3.8) is 0 Å². The Bertz CT molecular complexity index is 435. The van der Waals surface area contributed by atoms with Gasteiger partial charge in [-0.15, -0.1) is 0 Å². The largest absolute Gasteiger partial charge is 0.394 e. The molecule has 0 heterocycles. The molecule has 5 heteroatoms. The van der Waals surface area contributed by atoms with Crippen molar-refractivity contribution in [2.24, 2.45) is 5.92 Å². The molecule has 0 aliphatic rings. The SMILES string of the molecule is Cc1ccc(NC(=O)NC(CO)CC(C)C)cc1Cl. The van der Waals surface area contributed by atoms with Gasteiger partial charge in [-0.25, -0.2) is 4.79 Å². The van der Waals surface area contributed by atoms with Crippen LogP contribution in [0.3, 0.4) is 0 Å². The van der Waals surface area contributed by atoms with E-state index < -0.39 is 0 Å². The molecule has 3 N–H and O–H groups in total. The summed E-state index contributed by atoms with van der Waals surface area (Å²) in [6.07, 6.45) is 0.735. The molecule has 1 unspecified atom stereocenters. The molecule has 0 radical (unpaired) electrons. The van der Waals surface area contributed by atoms with Crippen LogP contribution in [0.25, 0.3) is 0 Å². The van der Waals surface area contributed by atoms with Crippen molar-refractivity contribution in [1.82, 2.24) is 5.32 Å². The first-order valence-corrected chi connectivity index (χ1v) is 6.74. The lowest BCUT2D eigenvalue weighted by Crippen LogP contribution is -2.40. The fraction of sp³-hybridized carbons (Fsp3) is 0.500. The first kappa shape index (κ1) is 15.8. The van der Waals surface area contributed by atoms with Crippen molar-refractivity contribution in [3.8, 4) is 0 Å². The molecule has 0 saturated heterocycles. The number of hydrogen-bond acceptors (Lipinski definition) is 2. The molecule has 4 nitrogen and oxygen atoms in total. The molecule has 1 atom stereocenters. The second-order valence-corrected chi connectivity index (χ2v) is 5.48. The van der Waals surface area contributed by atoms with Crippen LogP contribution >= 0.6 is 11.6 Å². The average Bonchev–Trinajstić information content (AvgIpc) is 2.32. The van der Waals surface area contributed by atoms with Gasteiger partial charge in [-0.05, 0) is 37.0 Å². The van der Waals surface area contributed by atoms with Crippen LogP contribution < -0.4 is 10.6 Å². The van der Waals surface area contributed by atoms with Gasteiger partial charge in [0.2, 0.25) is 0 Å². The number of aryl methyl sites for hydroxylation is 1. The molecule has 1 aromatic carbocycles. The first-order valence-electron chi connectivity index (χ1n) is 6.37. The average molecular weight is 285 g/mol. The summed E-state index contributed by atoms with van der Waals surface area (Å²) < 4.78 is 0. The summed E-state index contributed by atoms with van der Waals surface area (Å²) in [5.41, 5.74) is 1.59. The highest BCUT2D eigenvalue weighted by atomic mass is 35.5. The Morgan fingerprint density at radius 1 is 1.42 bits per heavy atom. The third kappa shape index (κ3) is 5.49. The van der Waals surface area contributed by atoms with Crippen molar-refractivity contribution < 1.29 is 9.90 Å². The Hall–Kier alpha value is -1.26. The van der Waals surface area contributed by atoms with E-state index in [9.17, 15) is 9.90 Å². The van der Waals surface area contributed by atoms with Crippen LogP contribution in [-0.4, -0.2) is 23.8 Å². The normalized spacial score (nSPS) is 12.3. The highest BCUT2D eigenvalue weighted by Gasteiger charge is 2.13. The van der Waals surface area contributed by atoms with E-state index in [-0.39, 0.29) is 18.7 Å². The van der Waals surface area contributed by atoms with E-state index in [1.54, 1.807) is 12.1 Å². The number of benzene rings is 1. The summed E-state index contributed by atoms with van der Waals surface area (Å²) >= 11 is 5.99. The summed E-state index contributed by atoms with van der Waals surface area (Å²) in [4.78, 5) is 11.8. The van der Waals surface area contributed by atoms with Crippen molar-refractivity contribution in [2.75, 3.05) is 11.9 Å². The van der Waals surface area contributed by atoms with Crippen LogP contribution in [0, 0.1) is 12.8 Å². The van der Waals surface area contributed by atoms with Gasteiger partial charge in [-0.3, -0.25) is 0 Å². The van der Waals surface area contributed by atoms with E-state index in [4.69, 9.17) is 11.6 Å². The molecule has 0 fully saturated rings. The maximum atomic E-state index is 11.8. The van der Waals surface area contributed by atoms with Crippen molar-refractivity contribution in [2.45, 2.75) is 33.2 Å². The minimum Gasteiger partial charge on any atom is -0.394 e. The zero-order valence-corrected chi connectivity index (χ0v) is 12.3. The zero-order chi connectivity index (χ0) is 14.4. The van der Waals surface area contributed by atoms with Gasteiger partial charge in [-0.1, -0.05) is 31.5 Å².